The SMILES string of the molecule is Cc1cc(C)c(S(=O)(=O)N2c3ccccc3NC(=O)C2CC(=O)NCc2ccc(Cl)cc2)c(C)c1. The van der Waals surface area contributed by atoms with E-state index < -0.39 is 27.9 Å². The molecule has 35 heavy (non-hydrogen) atoms. The molecular formula is C26H26ClN3O4S. The summed E-state index contributed by atoms with van der Waals surface area (Å²) < 4.78 is 29.2. The average molecular weight is 512 g/mol. The first-order valence-electron chi connectivity index (χ1n) is 11.1. The van der Waals surface area contributed by atoms with Gasteiger partial charge >= 0.3 is 0 Å². The van der Waals surface area contributed by atoms with Crippen molar-refractivity contribution < 1.29 is 18.0 Å². The predicted molar refractivity (Wildman–Crippen MR) is 137 cm³/mol. The molecule has 4 rings (SSSR count). The van der Waals surface area contributed by atoms with E-state index in [4.69, 9.17) is 11.6 Å². The first kappa shape index (κ1) is 24.8. The van der Waals surface area contributed by atoms with Crippen molar-refractivity contribution in [1.82, 2.24) is 5.32 Å². The van der Waals surface area contributed by atoms with Gasteiger partial charge in [-0.1, -0.05) is 53.6 Å². The highest BCUT2D eigenvalue weighted by Gasteiger charge is 2.42. The zero-order valence-electron chi connectivity index (χ0n) is 19.6. The van der Waals surface area contributed by atoms with E-state index in [2.05, 4.69) is 10.6 Å². The second kappa shape index (κ2) is 9.71. The van der Waals surface area contributed by atoms with E-state index in [0.717, 1.165) is 15.4 Å². The summed E-state index contributed by atoms with van der Waals surface area (Å²) in [7, 11) is -4.18. The number of aryl methyl sites for hydroxylation is 3. The highest BCUT2D eigenvalue weighted by molar-refractivity contribution is 7.93. The molecule has 0 saturated heterocycles. The highest BCUT2D eigenvalue weighted by Crippen LogP contribution is 2.38. The fourth-order valence-electron chi connectivity index (χ4n) is 4.46. The summed E-state index contributed by atoms with van der Waals surface area (Å²) in [5.41, 5.74) is 3.63. The maximum absolute atomic E-state index is 14.1. The van der Waals surface area contributed by atoms with Crippen molar-refractivity contribution in [3.8, 4) is 0 Å². The van der Waals surface area contributed by atoms with Gasteiger partial charge in [0.05, 0.1) is 22.7 Å². The number of halogens is 1. The van der Waals surface area contributed by atoms with Crippen molar-refractivity contribution in [2.45, 2.75) is 44.7 Å². The zero-order valence-corrected chi connectivity index (χ0v) is 21.2. The Balaban J connectivity index is 1.70. The largest absolute Gasteiger partial charge is 0.352 e. The van der Waals surface area contributed by atoms with Gasteiger partial charge in [0.15, 0.2) is 0 Å². The number of rotatable bonds is 6. The Labute approximate surface area is 210 Å². The molecule has 2 N–H and O–H groups in total. The molecule has 0 saturated carbocycles. The van der Waals surface area contributed by atoms with Crippen LogP contribution in [-0.4, -0.2) is 26.3 Å². The molecule has 2 amide bonds. The summed E-state index contributed by atoms with van der Waals surface area (Å²) in [6.45, 7) is 5.59. The van der Waals surface area contributed by atoms with Gasteiger partial charge in [0.25, 0.3) is 10.0 Å². The Morgan fingerprint density at radius 2 is 1.66 bits per heavy atom. The summed E-state index contributed by atoms with van der Waals surface area (Å²) in [4.78, 5) is 26.1. The van der Waals surface area contributed by atoms with Crippen LogP contribution in [0.15, 0.2) is 65.6 Å². The molecule has 1 heterocycles. The van der Waals surface area contributed by atoms with Crippen molar-refractivity contribution in [1.29, 1.82) is 0 Å². The van der Waals surface area contributed by atoms with Crippen LogP contribution in [0.2, 0.25) is 5.02 Å². The number of nitrogens with one attached hydrogen (secondary N) is 2. The van der Waals surface area contributed by atoms with Crippen molar-refractivity contribution >= 4 is 44.8 Å². The number of hydrogen-bond acceptors (Lipinski definition) is 4. The van der Waals surface area contributed by atoms with Crippen molar-refractivity contribution in [2.75, 3.05) is 9.62 Å². The first-order valence-corrected chi connectivity index (χ1v) is 12.9. The normalized spacial score (nSPS) is 15.4. The van der Waals surface area contributed by atoms with Crippen LogP contribution in [0.1, 0.15) is 28.7 Å². The summed E-state index contributed by atoms with van der Waals surface area (Å²) in [6.07, 6.45) is -0.336. The Morgan fingerprint density at radius 1 is 1.03 bits per heavy atom. The van der Waals surface area contributed by atoms with E-state index in [0.29, 0.717) is 27.5 Å². The lowest BCUT2D eigenvalue weighted by atomic mass is 10.1. The summed E-state index contributed by atoms with van der Waals surface area (Å²) >= 11 is 5.91. The lowest BCUT2D eigenvalue weighted by Crippen LogP contribution is -2.53. The van der Waals surface area contributed by atoms with Gasteiger partial charge in [0, 0.05) is 11.6 Å². The smallest absolute Gasteiger partial charge is 0.265 e. The van der Waals surface area contributed by atoms with Crippen LogP contribution < -0.4 is 14.9 Å². The monoisotopic (exact) mass is 511 g/mol. The Morgan fingerprint density at radius 3 is 2.31 bits per heavy atom. The third-order valence-electron chi connectivity index (χ3n) is 5.89. The minimum atomic E-state index is -4.18. The number of nitrogens with zero attached hydrogens (tertiary/aromatic N) is 1. The molecule has 1 aliphatic heterocycles. The number of hydrogen-bond donors (Lipinski definition) is 2. The van der Waals surface area contributed by atoms with Crippen LogP contribution in [0.25, 0.3) is 0 Å². The van der Waals surface area contributed by atoms with Gasteiger partial charge in [-0.2, -0.15) is 0 Å². The molecule has 0 aliphatic carbocycles. The quantitative estimate of drug-likeness (QED) is 0.509. The fraction of sp³-hybridized carbons (Fsp3) is 0.231. The maximum Gasteiger partial charge on any atom is 0.265 e. The number of carbonyl (C=O) groups is 2. The minimum absolute atomic E-state index is 0.138. The Kier molecular flexibility index (Phi) is 6.87. The number of benzene rings is 3. The van der Waals surface area contributed by atoms with Gasteiger partial charge in [-0.05, 0) is 61.7 Å². The molecule has 0 aromatic heterocycles. The molecule has 3 aromatic rings. The fourth-order valence-corrected chi connectivity index (χ4v) is 6.63. The molecule has 1 atom stereocenters. The predicted octanol–water partition coefficient (Wildman–Crippen LogP) is 4.49. The summed E-state index contributed by atoms with van der Waals surface area (Å²) in [6, 6.07) is 16.0. The van der Waals surface area contributed by atoms with Gasteiger partial charge in [-0.25, -0.2) is 8.42 Å². The lowest BCUT2D eigenvalue weighted by molar-refractivity contribution is -0.125. The van der Waals surface area contributed by atoms with Gasteiger partial charge in [0.1, 0.15) is 6.04 Å². The third-order valence-corrected chi connectivity index (χ3v) is 8.27. The van der Waals surface area contributed by atoms with Gasteiger partial charge in [0.2, 0.25) is 11.8 Å². The molecule has 1 aliphatic rings. The Hall–Kier alpha value is -3.36. The molecule has 0 spiro atoms. The average Bonchev–Trinajstić information content (AvgIpc) is 2.78. The van der Waals surface area contributed by atoms with E-state index in [9.17, 15) is 18.0 Å². The van der Waals surface area contributed by atoms with Crippen LogP contribution in [-0.2, 0) is 26.2 Å². The number of amides is 2. The maximum atomic E-state index is 14.1. The number of para-hydroxylation sites is 2. The van der Waals surface area contributed by atoms with Crippen LogP contribution in [0, 0.1) is 20.8 Å². The molecule has 9 heteroatoms. The van der Waals surface area contributed by atoms with Crippen LogP contribution in [0.4, 0.5) is 11.4 Å². The van der Waals surface area contributed by atoms with Crippen LogP contribution in [0.3, 0.4) is 0 Å². The topological polar surface area (TPSA) is 95.6 Å². The molecule has 1 unspecified atom stereocenters. The van der Waals surface area contributed by atoms with Crippen molar-refractivity contribution in [2.24, 2.45) is 0 Å². The molecule has 7 nitrogen and oxygen atoms in total. The number of anilines is 2. The van der Waals surface area contributed by atoms with E-state index in [1.165, 1.54) is 0 Å². The summed E-state index contributed by atoms with van der Waals surface area (Å²) in [5.74, 6) is -1.01. The third kappa shape index (κ3) is 5.04. The highest BCUT2D eigenvalue weighted by atomic mass is 35.5. The zero-order chi connectivity index (χ0) is 25.3. The van der Waals surface area contributed by atoms with Gasteiger partial charge in [-0.15, -0.1) is 0 Å². The lowest BCUT2D eigenvalue weighted by Gasteiger charge is -2.37. The van der Waals surface area contributed by atoms with Crippen LogP contribution >= 0.6 is 11.6 Å². The Bertz CT molecular complexity index is 1380. The van der Waals surface area contributed by atoms with E-state index in [-0.39, 0.29) is 17.9 Å². The van der Waals surface area contributed by atoms with Gasteiger partial charge < -0.3 is 10.6 Å². The molecule has 3 aromatic carbocycles. The van der Waals surface area contributed by atoms with Gasteiger partial charge in [-0.3, -0.25) is 13.9 Å². The van der Waals surface area contributed by atoms with Crippen molar-refractivity contribution in [3.05, 3.63) is 87.9 Å². The molecule has 0 fully saturated rings. The second-order valence-electron chi connectivity index (χ2n) is 8.66. The van der Waals surface area contributed by atoms with Crippen LogP contribution in [0.5, 0.6) is 0 Å². The molecule has 0 radical (unpaired) electrons. The number of fused-ring (bicyclic) bond motifs is 1. The number of sulfonamides is 1. The van der Waals surface area contributed by atoms with Crippen molar-refractivity contribution in [3.63, 3.8) is 0 Å². The van der Waals surface area contributed by atoms with E-state index >= 15 is 0 Å². The second-order valence-corrected chi connectivity index (χ2v) is 10.8. The molecule has 0 bridgehead atoms. The van der Waals surface area contributed by atoms with E-state index in [1.807, 2.05) is 6.92 Å². The molecule has 182 valence electrons. The first-order chi connectivity index (χ1) is 16.6. The summed E-state index contributed by atoms with van der Waals surface area (Å²) in [5, 5.41) is 6.10. The number of carbonyl (C=O) groups excluding carboxylic acids is 2. The van der Waals surface area contributed by atoms with E-state index in [1.54, 1.807) is 74.5 Å². The minimum Gasteiger partial charge on any atom is -0.352 e. The molecular weight excluding hydrogens is 486 g/mol. The standard InChI is InChI=1S/C26H26ClN3O4S/c1-16-12-17(2)25(18(3)13-16)35(33,34)30-22-7-5-4-6-21(22)29-26(32)23(30)14-24(31)28-15-19-8-10-20(27)11-9-19/h4-13,23H,14-15H2,1-3H3,(H,28,31)(H,29,32).